The van der Waals surface area contributed by atoms with Gasteiger partial charge in [-0.1, -0.05) is 11.6 Å². The highest BCUT2D eigenvalue weighted by Gasteiger charge is 2.13. The summed E-state index contributed by atoms with van der Waals surface area (Å²) in [5, 5.41) is 7.83. The summed E-state index contributed by atoms with van der Waals surface area (Å²) in [6, 6.07) is 3.79. The molecule has 0 fully saturated rings. The molecule has 0 radical (unpaired) electrons. The zero-order valence-corrected chi connectivity index (χ0v) is 12.6. The Balaban J connectivity index is 2.71. The van der Waals surface area contributed by atoms with Crippen molar-refractivity contribution >= 4 is 27.5 Å². The van der Waals surface area contributed by atoms with Gasteiger partial charge in [-0.3, -0.25) is 4.79 Å². The van der Waals surface area contributed by atoms with E-state index in [2.05, 4.69) is 5.32 Å². The summed E-state index contributed by atoms with van der Waals surface area (Å²) in [6.07, 6.45) is 1.59. The van der Waals surface area contributed by atoms with E-state index in [1.807, 2.05) is 0 Å². The number of halogens is 1. The smallest absolute Gasteiger partial charge is 0.251 e. The molecule has 0 saturated carbocycles. The first-order valence-corrected chi connectivity index (χ1v) is 7.87. The lowest BCUT2D eigenvalue weighted by Crippen LogP contribution is -2.25. The third-order valence-electron chi connectivity index (χ3n) is 2.52. The van der Waals surface area contributed by atoms with Gasteiger partial charge in [-0.15, -0.1) is 0 Å². The summed E-state index contributed by atoms with van der Waals surface area (Å²) in [7, 11) is -2.28. The predicted molar refractivity (Wildman–Crippen MR) is 76.3 cm³/mol. The van der Waals surface area contributed by atoms with Crippen LogP contribution in [0.2, 0.25) is 5.02 Å². The molecule has 0 unspecified atom stereocenters. The number of amides is 1. The number of primary sulfonamides is 1. The molecule has 0 aliphatic rings. The second-order valence-corrected chi connectivity index (χ2v) is 6.17. The van der Waals surface area contributed by atoms with E-state index >= 15 is 0 Å². The monoisotopic (exact) mass is 320 g/mol. The van der Waals surface area contributed by atoms with Crippen molar-refractivity contribution < 1.29 is 17.9 Å². The van der Waals surface area contributed by atoms with Gasteiger partial charge in [0.15, 0.2) is 0 Å². The molecule has 6 nitrogen and oxygen atoms in total. The van der Waals surface area contributed by atoms with Crippen LogP contribution in [-0.4, -0.2) is 34.6 Å². The normalized spacial score (nSPS) is 11.3. The third kappa shape index (κ3) is 5.46. The number of ether oxygens (including phenoxy) is 1. The first-order chi connectivity index (χ1) is 9.34. The fourth-order valence-electron chi connectivity index (χ4n) is 1.53. The second kappa shape index (κ2) is 7.58. The Bertz CT molecular complexity index is 575. The number of sulfonamides is 1. The Kier molecular flexibility index (Phi) is 6.41. The molecular formula is C12H17ClN2O4S. The fourth-order valence-corrected chi connectivity index (χ4v) is 2.42. The van der Waals surface area contributed by atoms with E-state index in [9.17, 15) is 13.2 Å². The van der Waals surface area contributed by atoms with Gasteiger partial charge in [-0.2, -0.15) is 0 Å². The van der Waals surface area contributed by atoms with Crippen LogP contribution < -0.4 is 10.5 Å². The van der Waals surface area contributed by atoms with Crippen LogP contribution in [0.5, 0.6) is 0 Å². The first-order valence-electron chi connectivity index (χ1n) is 5.95. The number of nitrogens with one attached hydrogen (secondary N) is 1. The van der Waals surface area contributed by atoms with Crippen molar-refractivity contribution in [3.05, 3.63) is 28.8 Å². The van der Waals surface area contributed by atoms with Crippen LogP contribution in [0, 0.1) is 0 Å². The maximum Gasteiger partial charge on any atom is 0.251 e. The zero-order chi connectivity index (χ0) is 15.2. The van der Waals surface area contributed by atoms with Crippen LogP contribution in [0.1, 0.15) is 23.2 Å². The van der Waals surface area contributed by atoms with Gasteiger partial charge in [-0.25, -0.2) is 13.6 Å². The van der Waals surface area contributed by atoms with E-state index < -0.39 is 15.9 Å². The van der Waals surface area contributed by atoms with Crippen molar-refractivity contribution in [2.45, 2.75) is 17.7 Å². The molecule has 0 spiro atoms. The number of hydrogen-bond acceptors (Lipinski definition) is 4. The quantitative estimate of drug-likeness (QED) is 0.736. The van der Waals surface area contributed by atoms with E-state index in [1.54, 1.807) is 7.11 Å². The van der Waals surface area contributed by atoms with Crippen LogP contribution in [0.15, 0.2) is 23.1 Å². The van der Waals surface area contributed by atoms with Crippen molar-refractivity contribution in [3.63, 3.8) is 0 Å². The molecule has 0 aromatic heterocycles. The average molecular weight is 321 g/mol. The van der Waals surface area contributed by atoms with Gasteiger partial charge in [0.1, 0.15) is 0 Å². The van der Waals surface area contributed by atoms with Crippen LogP contribution in [-0.2, 0) is 14.8 Å². The molecule has 0 saturated heterocycles. The molecule has 0 heterocycles. The molecule has 8 heteroatoms. The van der Waals surface area contributed by atoms with Crippen LogP contribution in [0.4, 0.5) is 0 Å². The molecule has 1 aromatic carbocycles. The lowest BCUT2D eigenvalue weighted by atomic mass is 10.2. The van der Waals surface area contributed by atoms with Gasteiger partial charge in [-0.05, 0) is 31.0 Å². The Morgan fingerprint density at radius 3 is 2.65 bits per heavy atom. The Morgan fingerprint density at radius 2 is 2.05 bits per heavy atom. The number of unbranched alkanes of at least 4 members (excludes halogenated alkanes) is 1. The number of carbonyl (C=O) groups excluding carboxylic acids is 1. The van der Waals surface area contributed by atoms with Gasteiger partial charge in [0, 0.05) is 30.8 Å². The molecule has 1 amide bonds. The molecule has 112 valence electrons. The highest BCUT2D eigenvalue weighted by Crippen LogP contribution is 2.18. The van der Waals surface area contributed by atoms with Gasteiger partial charge in [0.25, 0.3) is 5.91 Å². The summed E-state index contributed by atoms with van der Waals surface area (Å²) >= 11 is 5.79. The molecule has 20 heavy (non-hydrogen) atoms. The van der Waals surface area contributed by atoms with Crippen LogP contribution in [0.25, 0.3) is 0 Å². The van der Waals surface area contributed by atoms with E-state index in [0.717, 1.165) is 12.8 Å². The minimum Gasteiger partial charge on any atom is -0.385 e. The molecule has 1 aromatic rings. The van der Waals surface area contributed by atoms with E-state index in [-0.39, 0.29) is 15.5 Å². The molecule has 0 aliphatic heterocycles. The Labute approximate surface area is 123 Å². The van der Waals surface area contributed by atoms with Gasteiger partial charge in [0.05, 0.1) is 4.90 Å². The largest absolute Gasteiger partial charge is 0.385 e. The number of benzene rings is 1. The molecule has 0 bridgehead atoms. The number of hydrogen-bond donors (Lipinski definition) is 2. The number of carbonyl (C=O) groups is 1. The first kappa shape index (κ1) is 16.9. The Morgan fingerprint density at radius 1 is 1.35 bits per heavy atom. The summed E-state index contributed by atoms with van der Waals surface area (Å²) in [5.74, 6) is -0.394. The molecule has 3 N–H and O–H groups in total. The van der Waals surface area contributed by atoms with Gasteiger partial charge in [0.2, 0.25) is 10.0 Å². The van der Waals surface area contributed by atoms with Crippen LogP contribution >= 0.6 is 11.6 Å². The topological polar surface area (TPSA) is 98.5 Å². The fraction of sp³-hybridized carbons (Fsp3) is 0.417. The standard InChI is InChI=1S/C12H17ClN2O4S/c1-19-5-3-2-4-15-12(16)9-6-10(13)8-11(7-9)20(14,17)18/h6-8H,2-5H2,1H3,(H,15,16)(H2,14,17,18). The summed E-state index contributed by atoms with van der Waals surface area (Å²) < 4.78 is 27.4. The van der Waals surface area contributed by atoms with Crippen molar-refractivity contribution in [3.8, 4) is 0 Å². The zero-order valence-electron chi connectivity index (χ0n) is 11.1. The van der Waals surface area contributed by atoms with E-state index in [0.29, 0.717) is 13.2 Å². The Hall–Kier alpha value is -1.15. The minimum absolute atomic E-state index is 0.140. The van der Waals surface area contributed by atoms with Crippen molar-refractivity contribution in [2.75, 3.05) is 20.3 Å². The summed E-state index contributed by atoms with van der Waals surface area (Å²) in [5.41, 5.74) is 0.160. The van der Waals surface area contributed by atoms with Gasteiger partial charge >= 0.3 is 0 Å². The van der Waals surface area contributed by atoms with Crippen molar-refractivity contribution in [1.29, 1.82) is 0 Å². The van der Waals surface area contributed by atoms with Crippen molar-refractivity contribution in [1.82, 2.24) is 5.32 Å². The van der Waals surface area contributed by atoms with Gasteiger partial charge < -0.3 is 10.1 Å². The third-order valence-corrected chi connectivity index (χ3v) is 3.63. The molecular weight excluding hydrogens is 304 g/mol. The molecule has 0 aliphatic carbocycles. The maximum atomic E-state index is 11.9. The SMILES string of the molecule is COCCCCNC(=O)c1cc(Cl)cc(S(N)(=O)=O)c1. The second-order valence-electron chi connectivity index (χ2n) is 4.18. The summed E-state index contributed by atoms with van der Waals surface area (Å²) in [6.45, 7) is 1.10. The van der Waals surface area contributed by atoms with E-state index in [1.165, 1.54) is 18.2 Å². The maximum absolute atomic E-state index is 11.9. The van der Waals surface area contributed by atoms with Crippen molar-refractivity contribution in [2.24, 2.45) is 5.14 Å². The highest BCUT2D eigenvalue weighted by atomic mass is 35.5. The van der Waals surface area contributed by atoms with Crippen LogP contribution in [0.3, 0.4) is 0 Å². The summed E-state index contributed by atoms with van der Waals surface area (Å²) in [4.78, 5) is 11.7. The number of methoxy groups -OCH3 is 1. The molecule has 1 rings (SSSR count). The lowest BCUT2D eigenvalue weighted by molar-refractivity contribution is 0.0951. The lowest BCUT2D eigenvalue weighted by Gasteiger charge is -2.07. The number of nitrogens with two attached hydrogens (primary N) is 1. The average Bonchev–Trinajstić information content (AvgIpc) is 2.36. The predicted octanol–water partition coefficient (Wildman–Crippen LogP) is 1.14. The number of rotatable bonds is 7. The highest BCUT2D eigenvalue weighted by molar-refractivity contribution is 7.89. The molecule has 0 atom stereocenters. The minimum atomic E-state index is -3.89. The van der Waals surface area contributed by atoms with E-state index in [4.69, 9.17) is 21.5 Å².